The van der Waals surface area contributed by atoms with Gasteiger partial charge < -0.3 is 14.4 Å². The summed E-state index contributed by atoms with van der Waals surface area (Å²) >= 11 is 1.54. The van der Waals surface area contributed by atoms with Crippen molar-refractivity contribution >= 4 is 23.2 Å². The van der Waals surface area contributed by atoms with Crippen molar-refractivity contribution in [3.8, 4) is 0 Å². The van der Waals surface area contributed by atoms with Crippen LogP contribution in [0.25, 0.3) is 0 Å². The Hall–Kier alpha value is -2.22. The molecule has 2 aromatic heterocycles. The number of carbonyl (C=O) groups excluding carboxylic acids is 2. The molecule has 8 heteroatoms. The average Bonchev–Trinajstić information content (AvgIpc) is 3.21. The lowest BCUT2D eigenvalue weighted by molar-refractivity contribution is -0.135. The molecule has 0 unspecified atom stereocenters. The molecule has 1 aliphatic heterocycles. The molecule has 2 aromatic rings. The lowest BCUT2D eigenvalue weighted by atomic mass is 9.97. The number of likely N-dealkylation sites (tertiary alicyclic amines) is 1. The fourth-order valence-corrected chi connectivity index (χ4v) is 3.99. The number of thiazole rings is 1. The zero-order chi connectivity index (χ0) is 17.4. The Morgan fingerprint density at radius 3 is 2.75 bits per heavy atom. The molecule has 3 rings (SSSR count). The fraction of sp³-hybridized carbons (Fsp3) is 0.500. The Kier molecular flexibility index (Phi) is 4.40. The van der Waals surface area contributed by atoms with Crippen LogP contribution in [0.5, 0.6) is 0 Å². The molecule has 7 nitrogen and oxygen atoms in total. The summed E-state index contributed by atoms with van der Waals surface area (Å²) in [6.07, 6.45) is 3.74. The van der Waals surface area contributed by atoms with Crippen LogP contribution in [0, 0.1) is 12.8 Å². The molecular formula is C16H21N5O2S. The third-order valence-electron chi connectivity index (χ3n) is 4.63. The van der Waals surface area contributed by atoms with Crippen molar-refractivity contribution < 1.29 is 9.59 Å². The fourth-order valence-electron chi connectivity index (χ4n) is 3.16. The van der Waals surface area contributed by atoms with Crippen LogP contribution in [-0.2, 0) is 23.2 Å². The summed E-state index contributed by atoms with van der Waals surface area (Å²) in [7, 11) is 5.40. The van der Waals surface area contributed by atoms with E-state index in [1.807, 2.05) is 24.7 Å². The summed E-state index contributed by atoms with van der Waals surface area (Å²) < 4.78 is 1.87. The van der Waals surface area contributed by atoms with Gasteiger partial charge in [0, 0.05) is 44.8 Å². The van der Waals surface area contributed by atoms with E-state index in [2.05, 4.69) is 9.97 Å². The molecule has 2 atom stereocenters. The summed E-state index contributed by atoms with van der Waals surface area (Å²) in [4.78, 5) is 38.2. The largest absolute Gasteiger partial charge is 0.340 e. The van der Waals surface area contributed by atoms with Gasteiger partial charge in [-0.25, -0.2) is 9.97 Å². The number of imidazole rings is 1. The third kappa shape index (κ3) is 2.82. The monoisotopic (exact) mass is 347 g/mol. The smallest absolute Gasteiger partial charge is 0.228 e. The van der Waals surface area contributed by atoms with Crippen molar-refractivity contribution in [2.24, 2.45) is 13.0 Å². The number of aromatic nitrogens is 3. The lowest BCUT2D eigenvalue weighted by Gasteiger charge is -2.27. The molecule has 0 bridgehead atoms. The van der Waals surface area contributed by atoms with E-state index in [9.17, 15) is 9.59 Å². The quantitative estimate of drug-likeness (QED) is 0.837. The van der Waals surface area contributed by atoms with Crippen molar-refractivity contribution in [2.75, 3.05) is 14.1 Å². The second-order valence-electron chi connectivity index (χ2n) is 6.21. The van der Waals surface area contributed by atoms with Gasteiger partial charge in [0.25, 0.3) is 0 Å². The average molecular weight is 347 g/mol. The second kappa shape index (κ2) is 6.35. The summed E-state index contributed by atoms with van der Waals surface area (Å²) in [6, 6.07) is -0.324. The first kappa shape index (κ1) is 16.6. The normalized spacial score (nSPS) is 20.7. The summed E-state index contributed by atoms with van der Waals surface area (Å²) in [5.41, 5.74) is 2.73. The van der Waals surface area contributed by atoms with E-state index in [1.165, 1.54) is 0 Å². The number of hydrogen-bond acceptors (Lipinski definition) is 5. The predicted molar refractivity (Wildman–Crippen MR) is 90.2 cm³/mol. The minimum atomic E-state index is -0.415. The van der Waals surface area contributed by atoms with Crippen molar-refractivity contribution in [3.05, 3.63) is 34.3 Å². The Morgan fingerprint density at radius 1 is 1.42 bits per heavy atom. The van der Waals surface area contributed by atoms with E-state index in [-0.39, 0.29) is 24.3 Å². The van der Waals surface area contributed by atoms with Crippen molar-refractivity contribution in [1.29, 1.82) is 0 Å². The van der Waals surface area contributed by atoms with Gasteiger partial charge in [0.15, 0.2) is 0 Å². The maximum absolute atomic E-state index is 13.0. The molecule has 128 valence electrons. The first-order chi connectivity index (χ1) is 11.4. The predicted octanol–water partition coefficient (Wildman–Crippen LogP) is 1.36. The highest BCUT2D eigenvalue weighted by atomic mass is 32.1. The van der Waals surface area contributed by atoms with Crippen LogP contribution in [-0.4, -0.2) is 50.2 Å². The van der Waals surface area contributed by atoms with Crippen LogP contribution in [0.4, 0.5) is 0 Å². The molecule has 1 fully saturated rings. The minimum absolute atomic E-state index is 0.0243. The molecule has 2 amide bonds. The van der Waals surface area contributed by atoms with E-state index in [0.29, 0.717) is 6.54 Å². The third-order valence-corrected chi connectivity index (χ3v) is 5.55. The van der Waals surface area contributed by atoms with Crippen LogP contribution >= 0.6 is 11.3 Å². The highest BCUT2D eigenvalue weighted by molar-refractivity contribution is 7.09. The van der Waals surface area contributed by atoms with Gasteiger partial charge in [-0.1, -0.05) is 0 Å². The minimum Gasteiger partial charge on any atom is -0.340 e. The highest BCUT2D eigenvalue weighted by Gasteiger charge is 2.45. The molecule has 0 saturated carbocycles. The Labute approximate surface area is 144 Å². The zero-order valence-electron chi connectivity index (χ0n) is 14.3. The molecule has 3 heterocycles. The zero-order valence-corrected chi connectivity index (χ0v) is 15.1. The SMILES string of the molecule is Cc1ncsc1CN(C)C(=O)[C@H]1CC(=O)N(C)[C@@H]1c1nccn1C. The number of aryl methyl sites for hydroxylation is 2. The van der Waals surface area contributed by atoms with Gasteiger partial charge in [0.1, 0.15) is 11.9 Å². The highest BCUT2D eigenvalue weighted by Crippen LogP contribution is 2.37. The Balaban J connectivity index is 1.83. The Morgan fingerprint density at radius 2 is 2.17 bits per heavy atom. The summed E-state index contributed by atoms with van der Waals surface area (Å²) in [5, 5.41) is 0. The Bertz CT molecular complexity index is 768. The van der Waals surface area contributed by atoms with E-state index in [1.54, 1.807) is 46.9 Å². The van der Waals surface area contributed by atoms with Crippen LogP contribution in [0.3, 0.4) is 0 Å². The first-order valence-electron chi connectivity index (χ1n) is 7.77. The maximum atomic E-state index is 13.0. The number of amides is 2. The molecule has 1 aliphatic rings. The molecule has 0 N–H and O–H groups in total. The summed E-state index contributed by atoms with van der Waals surface area (Å²) in [6.45, 7) is 2.45. The number of carbonyl (C=O) groups is 2. The molecule has 0 radical (unpaired) electrons. The van der Waals surface area contributed by atoms with Gasteiger partial charge in [-0.05, 0) is 6.92 Å². The lowest BCUT2D eigenvalue weighted by Crippen LogP contribution is -2.36. The molecule has 0 spiro atoms. The molecular weight excluding hydrogens is 326 g/mol. The van der Waals surface area contributed by atoms with Gasteiger partial charge in [0.05, 0.1) is 23.7 Å². The van der Waals surface area contributed by atoms with E-state index >= 15 is 0 Å². The molecule has 0 aliphatic carbocycles. The van der Waals surface area contributed by atoms with Gasteiger partial charge in [-0.2, -0.15) is 0 Å². The number of rotatable bonds is 4. The van der Waals surface area contributed by atoms with Crippen molar-refractivity contribution in [1.82, 2.24) is 24.3 Å². The standard InChI is InChI=1S/C16H21N5O2S/c1-10-12(24-9-18-10)8-20(3)16(23)11-7-13(22)21(4)14(11)15-17-5-6-19(15)2/h5-6,9,11,14H,7-8H2,1-4H3/t11-,14-/m0/s1. The number of nitrogens with zero attached hydrogens (tertiary/aromatic N) is 5. The van der Waals surface area contributed by atoms with E-state index in [4.69, 9.17) is 0 Å². The van der Waals surface area contributed by atoms with Gasteiger partial charge >= 0.3 is 0 Å². The van der Waals surface area contributed by atoms with Crippen molar-refractivity contribution in [2.45, 2.75) is 25.9 Å². The summed E-state index contributed by atoms with van der Waals surface area (Å²) in [5.74, 6) is 0.267. The van der Waals surface area contributed by atoms with E-state index in [0.717, 1.165) is 16.4 Å². The van der Waals surface area contributed by atoms with Crippen LogP contribution in [0.1, 0.15) is 28.9 Å². The van der Waals surface area contributed by atoms with Crippen LogP contribution < -0.4 is 0 Å². The van der Waals surface area contributed by atoms with Gasteiger partial charge in [-0.15, -0.1) is 11.3 Å². The molecule has 0 aromatic carbocycles. The van der Waals surface area contributed by atoms with Gasteiger partial charge in [-0.3, -0.25) is 9.59 Å². The number of hydrogen-bond donors (Lipinski definition) is 0. The molecule has 1 saturated heterocycles. The van der Waals surface area contributed by atoms with Gasteiger partial charge in [0.2, 0.25) is 11.8 Å². The first-order valence-corrected chi connectivity index (χ1v) is 8.65. The van der Waals surface area contributed by atoms with Crippen LogP contribution in [0.15, 0.2) is 17.9 Å². The topological polar surface area (TPSA) is 71.3 Å². The maximum Gasteiger partial charge on any atom is 0.228 e. The second-order valence-corrected chi connectivity index (χ2v) is 7.15. The van der Waals surface area contributed by atoms with Crippen molar-refractivity contribution in [3.63, 3.8) is 0 Å². The molecule has 24 heavy (non-hydrogen) atoms. The van der Waals surface area contributed by atoms with E-state index < -0.39 is 5.92 Å². The van der Waals surface area contributed by atoms with Crippen LogP contribution in [0.2, 0.25) is 0 Å².